The fourth-order valence-electron chi connectivity index (χ4n) is 0.224. The molecule has 0 aliphatic carbocycles. The summed E-state index contributed by atoms with van der Waals surface area (Å²) in [6.07, 6.45) is 3.40. The van der Waals surface area contributed by atoms with Gasteiger partial charge in [0, 0.05) is 12.8 Å². The first-order valence-electron chi connectivity index (χ1n) is 2.21. The van der Waals surface area contributed by atoms with E-state index in [9.17, 15) is 0 Å². The maximum Gasteiger partial charge on any atom is 0.0564 e. The van der Waals surface area contributed by atoms with Crippen LogP contribution >= 0.6 is 0 Å². The highest BCUT2D eigenvalue weighted by atomic mass is 14.7. The van der Waals surface area contributed by atoms with E-state index in [1.807, 2.05) is 0 Å². The number of hydrogen-bond acceptors (Lipinski definition) is 2. The minimum Gasteiger partial charge on any atom is -0.326 e. The van der Waals surface area contributed by atoms with E-state index < -0.39 is 0 Å². The molecule has 0 saturated carbocycles. The largest absolute Gasteiger partial charge is 0.326 e. The Morgan fingerprint density at radius 1 is 1.71 bits per heavy atom. The Labute approximate surface area is 43.7 Å². The second-order valence-electron chi connectivity index (χ2n) is 1.07. The second kappa shape index (κ2) is 5.37. The first-order chi connectivity index (χ1) is 3.41. The quantitative estimate of drug-likeness (QED) is 0.397. The molecule has 0 unspecified atom stereocenters. The SMILES string of the molecule is C=CCN=CCN. The highest BCUT2D eigenvalue weighted by Crippen LogP contribution is 1.64. The summed E-state index contributed by atoms with van der Waals surface area (Å²) in [5, 5.41) is 0. The molecule has 0 amide bonds. The smallest absolute Gasteiger partial charge is 0.0564 e. The molecule has 0 heterocycles. The first-order valence-corrected chi connectivity index (χ1v) is 2.21. The molecule has 7 heavy (non-hydrogen) atoms. The lowest BCUT2D eigenvalue weighted by molar-refractivity contribution is 1.22. The minimum atomic E-state index is 0.522. The van der Waals surface area contributed by atoms with Gasteiger partial charge < -0.3 is 5.73 Å². The molecule has 0 aromatic rings. The molecule has 0 rings (SSSR count). The lowest BCUT2D eigenvalue weighted by Crippen LogP contribution is -1.98. The molecular formula is C5H10N2. The Morgan fingerprint density at radius 3 is 2.86 bits per heavy atom. The Morgan fingerprint density at radius 2 is 2.43 bits per heavy atom. The Bertz CT molecular complexity index is 66.5. The molecule has 2 nitrogen and oxygen atoms in total. The first kappa shape index (κ1) is 6.37. The van der Waals surface area contributed by atoms with Crippen molar-refractivity contribution >= 4 is 6.21 Å². The second-order valence-corrected chi connectivity index (χ2v) is 1.07. The molecule has 0 aromatic heterocycles. The fourth-order valence-corrected chi connectivity index (χ4v) is 0.224. The van der Waals surface area contributed by atoms with Gasteiger partial charge in [-0.15, -0.1) is 6.58 Å². The fraction of sp³-hybridized carbons (Fsp3) is 0.400. The van der Waals surface area contributed by atoms with Gasteiger partial charge in [0.1, 0.15) is 0 Å². The average molecular weight is 98.1 g/mol. The van der Waals surface area contributed by atoms with Crippen molar-refractivity contribution in [3.63, 3.8) is 0 Å². The van der Waals surface area contributed by atoms with Crippen LogP contribution in [0.15, 0.2) is 17.6 Å². The zero-order valence-corrected chi connectivity index (χ0v) is 4.30. The van der Waals surface area contributed by atoms with Crippen molar-refractivity contribution in [1.82, 2.24) is 0 Å². The Balaban J connectivity index is 2.92. The zero-order chi connectivity index (χ0) is 5.54. The van der Waals surface area contributed by atoms with Gasteiger partial charge in [-0.05, 0) is 0 Å². The normalized spacial score (nSPS) is 9.86. The van der Waals surface area contributed by atoms with Gasteiger partial charge in [-0.25, -0.2) is 0 Å². The number of hydrogen-bond donors (Lipinski definition) is 1. The van der Waals surface area contributed by atoms with Gasteiger partial charge in [0.2, 0.25) is 0 Å². The van der Waals surface area contributed by atoms with E-state index in [1.165, 1.54) is 0 Å². The van der Waals surface area contributed by atoms with Crippen LogP contribution in [0, 0.1) is 0 Å². The summed E-state index contributed by atoms with van der Waals surface area (Å²) in [5.41, 5.74) is 5.09. The number of aliphatic imine (C=N–C) groups is 1. The van der Waals surface area contributed by atoms with Gasteiger partial charge in [0.15, 0.2) is 0 Å². The van der Waals surface area contributed by atoms with Crippen LogP contribution in [-0.2, 0) is 0 Å². The van der Waals surface area contributed by atoms with Crippen molar-refractivity contribution in [1.29, 1.82) is 0 Å². The maximum absolute atomic E-state index is 5.09. The van der Waals surface area contributed by atoms with E-state index in [0.717, 1.165) is 0 Å². The van der Waals surface area contributed by atoms with Crippen LogP contribution in [0.5, 0.6) is 0 Å². The molecule has 0 saturated heterocycles. The van der Waals surface area contributed by atoms with Gasteiger partial charge in [-0.3, -0.25) is 4.99 Å². The minimum absolute atomic E-state index is 0.522. The van der Waals surface area contributed by atoms with Crippen LogP contribution in [0.2, 0.25) is 0 Å². The zero-order valence-electron chi connectivity index (χ0n) is 4.30. The highest BCUT2D eigenvalue weighted by Gasteiger charge is 1.62. The van der Waals surface area contributed by atoms with Gasteiger partial charge in [-0.1, -0.05) is 6.08 Å². The third-order valence-electron chi connectivity index (χ3n) is 0.469. The van der Waals surface area contributed by atoms with Crippen molar-refractivity contribution in [2.75, 3.05) is 13.1 Å². The van der Waals surface area contributed by atoms with Crippen molar-refractivity contribution in [2.24, 2.45) is 10.7 Å². The number of nitrogens with two attached hydrogens (primary N) is 1. The van der Waals surface area contributed by atoms with Crippen LogP contribution in [0.25, 0.3) is 0 Å². The van der Waals surface area contributed by atoms with E-state index in [-0.39, 0.29) is 0 Å². The van der Waals surface area contributed by atoms with Gasteiger partial charge in [0.25, 0.3) is 0 Å². The molecule has 0 fully saturated rings. The lowest BCUT2D eigenvalue weighted by atomic mass is 10.6. The molecule has 0 aliphatic rings. The standard InChI is InChI=1S/C5H10N2/c1-2-4-7-5-3-6/h2,5H,1,3-4,6H2. The summed E-state index contributed by atoms with van der Waals surface area (Å²) < 4.78 is 0. The molecule has 0 radical (unpaired) electrons. The molecule has 0 bridgehead atoms. The van der Waals surface area contributed by atoms with E-state index in [2.05, 4.69) is 11.6 Å². The molecule has 2 N–H and O–H groups in total. The van der Waals surface area contributed by atoms with Crippen molar-refractivity contribution < 1.29 is 0 Å². The molecule has 0 aromatic carbocycles. The van der Waals surface area contributed by atoms with Crippen molar-refractivity contribution in [3.05, 3.63) is 12.7 Å². The number of nitrogens with zero attached hydrogens (tertiary/aromatic N) is 1. The molecule has 40 valence electrons. The van der Waals surface area contributed by atoms with E-state index in [4.69, 9.17) is 5.73 Å². The highest BCUT2D eigenvalue weighted by molar-refractivity contribution is 5.59. The summed E-state index contributed by atoms with van der Waals surface area (Å²) >= 11 is 0. The summed E-state index contributed by atoms with van der Waals surface area (Å²) in [6, 6.07) is 0. The maximum atomic E-state index is 5.09. The third kappa shape index (κ3) is 5.37. The lowest BCUT2D eigenvalue weighted by Gasteiger charge is -1.77. The predicted molar refractivity (Wildman–Crippen MR) is 32.6 cm³/mol. The van der Waals surface area contributed by atoms with Crippen molar-refractivity contribution in [2.45, 2.75) is 0 Å². The van der Waals surface area contributed by atoms with Crippen LogP contribution < -0.4 is 5.73 Å². The van der Waals surface area contributed by atoms with Crippen LogP contribution in [0.3, 0.4) is 0 Å². The predicted octanol–water partition coefficient (Wildman–Crippen LogP) is 0.202. The monoisotopic (exact) mass is 98.1 g/mol. The Kier molecular flexibility index (Phi) is 4.89. The summed E-state index contributed by atoms with van der Waals surface area (Å²) in [7, 11) is 0. The third-order valence-corrected chi connectivity index (χ3v) is 0.469. The van der Waals surface area contributed by atoms with Crippen LogP contribution in [-0.4, -0.2) is 19.3 Å². The van der Waals surface area contributed by atoms with Crippen LogP contribution in [0.1, 0.15) is 0 Å². The average Bonchev–Trinajstić information content (AvgIpc) is 1.69. The van der Waals surface area contributed by atoms with E-state index in [0.29, 0.717) is 13.1 Å². The summed E-state index contributed by atoms with van der Waals surface area (Å²) in [4.78, 5) is 3.84. The summed E-state index contributed by atoms with van der Waals surface area (Å²) in [6.45, 7) is 4.68. The Hall–Kier alpha value is -0.630. The summed E-state index contributed by atoms with van der Waals surface area (Å²) in [5.74, 6) is 0. The topological polar surface area (TPSA) is 38.4 Å². The van der Waals surface area contributed by atoms with Gasteiger partial charge in [-0.2, -0.15) is 0 Å². The van der Waals surface area contributed by atoms with Crippen molar-refractivity contribution in [3.8, 4) is 0 Å². The van der Waals surface area contributed by atoms with Gasteiger partial charge in [0.05, 0.1) is 6.54 Å². The molecule has 0 atom stereocenters. The molecule has 2 heteroatoms. The molecular weight excluding hydrogens is 88.1 g/mol. The van der Waals surface area contributed by atoms with Crippen LogP contribution in [0.4, 0.5) is 0 Å². The van der Waals surface area contributed by atoms with E-state index in [1.54, 1.807) is 12.3 Å². The number of rotatable bonds is 3. The molecule has 0 spiro atoms. The van der Waals surface area contributed by atoms with E-state index >= 15 is 0 Å². The molecule has 0 aliphatic heterocycles. The van der Waals surface area contributed by atoms with Gasteiger partial charge >= 0.3 is 0 Å².